The van der Waals surface area contributed by atoms with Crippen molar-refractivity contribution in [1.82, 2.24) is 5.32 Å². The summed E-state index contributed by atoms with van der Waals surface area (Å²) in [6.07, 6.45) is 0.947. The molecule has 0 radical (unpaired) electrons. The SMILES string of the molecule is CC1(O)CCCC1(C)C(NC(=O)OCc1ccccc1)C(=O)O. The lowest BCUT2D eigenvalue weighted by Crippen LogP contribution is -2.58. The van der Waals surface area contributed by atoms with Crippen LogP contribution in [0.4, 0.5) is 4.79 Å². The maximum Gasteiger partial charge on any atom is 0.408 e. The lowest BCUT2D eigenvalue weighted by atomic mass is 9.71. The molecule has 1 fully saturated rings. The van der Waals surface area contributed by atoms with Gasteiger partial charge in [0.15, 0.2) is 0 Å². The standard InChI is InChI=1S/C17H23NO5/c1-16(9-6-10-17(16,2)22)13(14(19)20)18-15(21)23-11-12-7-4-3-5-8-12/h3-5,7-8,13,22H,6,9-11H2,1-2H3,(H,18,21)(H,19,20). The molecule has 3 atom stereocenters. The first kappa shape index (κ1) is 17.3. The number of carboxylic acid groups (broad SMARTS) is 1. The summed E-state index contributed by atoms with van der Waals surface area (Å²) in [7, 11) is 0. The van der Waals surface area contributed by atoms with Crippen molar-refractivity contribution in [3.8, 4) is 0 Å². The molecule has 0 saturated heterocycles. The molecule has 1 amide bonds. The van der Waals surface area contributed by atoms with Gasteiger partial charge in [0.2, 0.25) is 0 Å². The lowest BCUT2D eigenvalue weighted by Gasteiger charge is -2.41. The number of hydrogen-bond acceptors (Lipinski definition) is 4. The molecule has 1 saturated carbocycles. The van der Waals surface area contributed by atoms with Crippen molar-refractivity contribution in [1.29, 1.82) is 0 Å². The van der Waals surface area contributed by atoms with Crippen LogP contribution in [-0.2, 0) is 16.1 Å². The van der Waals surface area contributed by atoms with Gasteiger partial charge in [-0.1, -0.05) is 37.3 Å². The third-order valence-electron chi connectivity index (χ3n) is 4.95. The van der Waals surface area contributed by atoms with E-state index in [4.69, 9.17) is 4.74 Å². The average molecular weight is 321 g/mol. The Hall–Kier alpha value is -2.08. The highest BCUT2D eigenvalue weighted by atomic mass is 16.5. The molecule has 3 unspecified atom stereocenters. The van der Waals surface area contributed by atoms with Crippen molar-refractivity contribution in [2.75, 3.05) is 0 Å². The Labute approximate surface area is 135 Å². The predicted octanol–water partition coefficient (Wildman–Crippen LogP) is 2.31. The zero-order chi connectivity index (χ0) is 17.1. The van der Waals surface area contributed by atoms with Crippen molar-refractivity contribution in [3.63, 3.8) is 0 Å². The molecular formula is C17H23NO5. The Morgan fingerprint density at radius 2 is 1.91 bits per heavy atom. The predicted molar refractivity (Wildman–Crippen MR) is 83.8 cm³/mol. The number of carbonyl (C=O) groups is 2. The van der Waals surface area contributed by atoms with Crippen LogP contribution in [0.5, 0.6) is 0 Å². The highest BCUT2D eigenvalue weighted by molar-refractivity contribution is 5.81. The summed E-state index contributed by atoms with van der Waals surface area (Å²) in [5, 5.41) is 22.4. The first-order valence-corrected chi connectivity index (χ1v) is 7.69. The summed E-state index contributed by atoms with van der Waals surface area (Å²) in [6.45, 7) is 3.37. The number of amides is 1. The molecule has 6 nitrogen and oxygen atoms in total. The minimum atomic E-state index is -1.21. The molecule has 2 rings (SSSR count). The molecule has 6 heteroatoms. The maximum absolute atomic E-state index is 12.0. The number of carboxylic acids is 1. The van der Waals surface area contributed by atoms with E-state index in [0.29, 0.717) is 19.3 Å². The monoisotopic (exact) mass is 321 g/mol. The third-order valence-corrected chi connectivity index (χ3v) is 4.95. The topological polar surface area (TPSA) is 95.9 Å². The number of hydrogen-bond donors (Lipinski definition) is 3. The van der Waals surface area contributed by atoms with E-state index < -0.39 is 29.1 Å². The molecule has 0 heterocycles. The van der Waals surface area contributed by atoms with Crippen LogP contribution >= 0.6 is 0 Å². The van der Waals surface area contributed by atoms with Crippen LogP contribution in [0.3, 0.4) is 0 Å². The zero-order valence-electron chi connectivity index (χ0n) is 13.4. The van der Waals surface area contributed by atoms with E-state index in [0.717, 1.165) is 5.56 Å². The highest BCUT2D eigenvalue weighted by Gasteiger charge is 2.55. The molecule has 126 valence electrons. The number of aliphatic hydroxyl groups is 1. The summed E-state index contributed by atoms with van der Waals surface area (Å²) in [5.74, 6) is -1.17. The van der Waals surface area contributed by atoms with Crippen LogP contribution in [0.25, 0.3) is 0 Å². The van der Waals surface area contributed by atoms with E-state index in [1.165, 1.54) is 0 Å². The molecule has 0 spiro atoms. The molecule has 0 aromatic heterocycles. The molecule has 1 aliphatic rings. The Kier molecular flexibility index (Phi) is 4.94. The van der Waals surface area contributed by atoms with Gasteiger partial charge in [-0.2, -0.15) is 0 Å². The fraction of sp³-hybridized carbons (Fsp3) is 0.529. The van der Waals surface area contributed by atoms with Crippen LogP contribution in [0, 0.1) is 5.41 Å². The van der Waals surface area contributed by atoms with Crippen molar-refractivity contribution < 1.29 is 24.5 Å². The third kappa shape index (κ3) is 3.64. The fourth-order valence-corrected chi connectivity index (χ4v) is 3.19. The van der Waals surface area contributed by atoms with Gasteiger partial charge in [0.1, 0.15) is 12.6 Å². The van der Waals surface area contributed by atoms with Crippen LogP contribution in [0.15, 0.2) is 30.3 Å². The number of ether oxygens (including phenoxy) is 1. The Balaban J connectivity index is 2.02. The van der Waals surface area contributed by atoms with Crippen molar-refractivity contribution in [2.45, 2.75) is 51.4 Å². The second-order valence-corrected chi connectivity index (χ2v) is 6.52. The van der Waals surface area contributed by atoms with Crippen molar-refractivity contribution >= 4 is 12.1 Å². The first-order valence-electron chi connectivity index (χ1n) is 7.69. The Morgan fingerprint density at radius 3 is 2.43 bits per heavy atom. The molecular weight excluding hydrogens is 298 g/mol. The summed E-state index contributed by atoms with van der Waals surface area (Å²) in [6, 6.07) is 7.92. The quantitative estimate of drug-likeness (QED) is 0.773. The van der Waals surface area contributed by atoms with Gasteiger partial charge in [0.25, 0.3) is 0 Å². The van der Waals surface area contributed by atoms with Crippen LogP contribution in [0.2, 0.25) is 0 Å². The summed E-state index contributed by atoms with van der Waals surface area (Å²) >= 11 is 0. The average Bonchev–Trinajstić information content (AvgIpc) is 2.77. The van der Waals surface area contributed by atoms with E-state index in [1.54, 1.807) is 13.8 Å². The minimum Gasteiger partial charge on any atom is -0.480 e. The van der Waals surface area contributed by atoms with Crippen LogP contribution in [0.1, 0.15) is 38.7 Å². The van der Waals surface area contributed by atoms with E-state index in [-0.39, 0.29) is 6.61 Å². The van der Waals surface area contributed by atoms with Gasteiger partial charge in [-0.3, -0.25) is 0 Å². The zero-order valence-corrected chi connectivity index (χ0v) is 13.4. The largest absolute Gasteiger partial charge is 0.480 e. The summed E-state index contributed by atoms with van der Waals surface area (Å²) in [4.78, 5) is 23.6. The number of carbonyl (C=O) groups excluding carboxylic acids is 1. The number of rotatable bonds is 5. The van der Waals surface area contributed by atoms with Gasteiger partial charge in [0.05, 0.1) is 5.60 Å². The highest BCUT2D eigenvalue weighted by Crippen LogP contribution is 2.48. The molecule has 0 aliphatic heterocycles. The van der Waals surface area contributed by atoms with Gasteiger partial charge in [-0.25, -0.2) is 9.59 Å². The Bertz CT molecular complexity index is 572. The van der Waals surface area contributed by atoms with E-state index in [9.17, 15) is 19.8 Å². The molecule has 3 N–H and O–H groups in total. The second-order valence-electron chi connectivity index (χ2n) is 6.52. The fourth-order valence-electron chi connectivity index (χ4n) is 3.19. The van der Waals surface area contributed by atoms with Gasteiger partial charge < -0.3 is 20.3 Å². The molecule has 1 aromatic carbocycles. The van der Waals surface area contributed by atoms with Crippen molar-refractivity contribution in [3.05, 3.63) is 35.9 Å². The molecule has 0 bridgehead atoms. The summed E-state index contributed by atoms with van der Waals surface area (Å²) < 4.78 is 5.09. The minimum absolute atomic E-state index is 0.0616. The summed E-state index contributed by atoms with van der Waals surface area (Å²) in [5.41, 5.74) is -1.28. The second kappa shape index (κ2) is 6.58. The number of alkyl carbamates (subject to hydrolysis) is 1. The van der Waals surface area contributed by atoms with Gasteiger partial charge in [-0.15, -0.1) is 0 Å². The number of aliphatic carboxylic acids is 1. The van der Waals surface area contributed by atoms with E-state index in [1.807, 2.05) is 30.3 Å². The normalized spacial score (nSPS) is 28.1. The molecule has 23 heavy (non-hydrogen) atoms. The molecule has 1 aromatic rings. The molecule has 1 aliphatic carbocycles. The van der Waals surface area contributed by atoms with Crippen LogP contribution < -0.4 is 5.32 Å². The van der Waals surface area contributed by atoms with E-state index in [2.05, 4.69) is 5.32 Å². The van der Waals surface area contributed by atoms with Gasteiger partial charge >= 0.3 is 12.1 Å². The number of benzene rings is 1. The lowest BCUT2D eigenvalue weighted by molar-refractivity contribution is -0.149. The first-order chi connectivity index (χ1) is 10.8. The smallest absolute Gasteiger partial charge is 0.408 e. The van der Waals surface area contributed by atoms with E-state index >= 15 is 0 Å². The van der Waals surface area contributed by atoms with Gasteiger partial charge in [0, 0.05) is 5.41 Å². The van der Waals surface area contributed by atoms with Crippen LogP contribution in [-0.4, -0.2) is 33.9 Å². The number of nitrogens with one attached hydrogen (secondary N) is 1. The Morgan fingerprint density at radius 1 is 1.26 bits per heavy atom. The van der Waals surface area contributed by atoms with Crippen molar-refractivity contribution in [2.24, 2.45) is 5.41 Å². The van der Waals surface area contributed by atoms with Gasteiger partial charge in [-0.05, 0) is 31.7 Å². The maximum atomic E-state index is 12.0.